The van der Waals surface area contributed by atoms with Crippen LogP contribution in [0.2, 0.25) is 0 Å². The van der Waals surface area contributed by atoms with Gasteiger partial charge in [0.15, 0.2) is 11.5 Å². The number of carbonyl (C=O) groups is 1. The van der Waals surface area contributed by atoms with E-state index in [1.165, 1.54) is 0 Å². The fraction of sp³-hybridized carbons (Fsp3) is 0.250. The van der Waals surface area contributed by atoms with Crippen molar-refractivity contribution in [2.75, 3.05) is 24.7 Å². The number of rotatable bonds is 7. The third-order valence-corrected chi connectivity index (χ3v) is 6.05. The number of pyridine rings is 1. The highest BCUT2D eigenvalue weighted by molar-refractivity contribution is 5.94. The van der Waals surface area contributed by atoms with Gasteiger partial charge in [-0.15, -0.1) is 0 Å². The number of hydrogen-bond acceptors (Lipinski definition) is 5. The molecule has 1 aliphatic heterocycles. The van der Waals surface area contributed by atoms with Gasteiger partial charge >= 0.3 is 0 Å². The Morgan fingerprint density at radius 1 is 1.11 bits per heavy atom. The van der Waals surface area contributed by atoms with Gasteiger partial charge in [0.25, 0.3) is 5.56 Å². The van der Waals surface area contributed by atoms with Crippen molar-refractivity contribution in [2.45, 2.75) is 26.7 Å². The summed E-state index contributed by atoms with van der Waals surface area (Å²) < 4.78 is 11.3. The molecule has 0 saturated heterocycles. The number of nitrogens with one attached hydrogen (secondary N) is 1. The molecule has 0 aliphatic carbocycles. The molecule has 1 aliphatic rings. The number of amides is 1. The Bertz CT molecular complexity index is 1350. The minimum Gasteiger partial charge on any atom is -0.486 e. The number of nitriles is 1. The van der Waals surface area contributed by atoms with Crippen molar-refractivity contribution in [3.8, 4) is 17.6 Å². The maximum absolute atomic E-state index is 13.5. The van der Waals surface area contributed by atoms with Crippen LogP contribution in [-0.2, 0) is 11.2 Å². The fourth-order valence-electron chi connectivity index (χ4n) is 4.20. The number of aromatic amines is 1. The lowest BCUT2D eigenvalue weighted by molar-refractivity contribution is -0.118. The van der Waals surface area contributed by atoms with Crippen LogP contribution in [0.15, 0.2) is 59.4 Å². The summed E-state index contributed by atoms with van der Waals surface area (Å²) in [6.07, 6.45) is 4.56. The largest absolute Gasteiger partial charge is 0.486 e. The average Bonchev–Trinajstić information content (AvgIpc) is 2.87. The van der Waals surface area contributed by atoms with Crippen molar-refractivity contribution >= 4 is 17.7 Å². The Labute approximate surface area is 204 Å². The molecule has 0 bridgehead atoms. The van der Waals surface area contributed by atoms with E-state index in [1.807, 2.05) is 66.8 Å². The van der Waals surface area contributed by atoms with Crippen molar-refractivity contribution < 1.29 is 14.3 Å². The zero-order chi connectivity index (χ0) is 24.8. The van der Waals surface area contributed by atoms with Crippen molar-refractivity contribution in [1.29, 1.82) is 5.26 Å². The van der Waals surface area contributed by atoms with Gasteiger partial charge in [-0.05, 0) is 49.1 Å². The molecule has 3 aromatic rings. The molecule has 0 unspecified atom stereocenters. The Morgan fingerprint density at radius 2 is 1.86 bits per heavy atom. The number of carbonyl (C=O) groups excluding carboxylic acids is 1. The predicted octanol–water partition coefficient (Wildman–Crippen LogP) is 4.31. The van der Waals surface area contributed by atoms with Crippen LogP contribution >= 0.6 is 0 Å². The maximum Gasteiger partial charge on any atom is 0.266 e. The topological polar surface area (TPSA) is 95.4 Å². The Balaban J connectivity index is 1.58. The van der Waals surface area contributed by atoms with Gasteiger partial charge in [-0.25, -0.2) is 0 Å². The van der Waals surface area contributed by atoms with Gasteiger partial charge in [0, 0.05) is 30.4 Å². The highest BCUT2D eigenvalue weighted by Crippen LogP contribution is 2.34. The molecule has 35 heavy (non-hydrogen) atoms. The van der Waals surface area contributed by atoms with E-state index >= 15 is 0 Å². The monoisotopic (exact) mass is 469 g/mol. The average molecular weight is 470 g/mol. The lowest BCUT2D eigenvalue weighted by Gasteiger charge is -2.25. The summed E-state index contributed by atoms with van der Waals surface area (Å²) >= 11 is 0. The first-order chi connectivity index (χ1) is 17.0. The molecule has 1 aromatic heterocycles. The van der Waals surface area contributed by atoms with E-state index in [4.69, 9.17) is 9.47 Å². The molecule has 0 atom stereocenters. The highest BCUT2D eigenvalue weighted by atomic mass is 16.6. The van der Waals surface area contributed by atoms with E-state index in [0.29, 0.717) is 54.6 Å². The van der Waals surface area contributed by atoms with Gasteiger partial charge in [-0.3, -0.25) is 9.59 Å². The van der Waals surface area contributed by atoms with Crippen molar-refractivity contribution in [3.63, 3.8) is 0 Å². The molecule has 7 heteroatoms. The summed E-state index contributed by atoms with van der Waals surface area (Å²) in [5, 5.41) is 9.34. The number of aryl methyl sites for hydroxylation is 1. The molecule has 178 valence electrons. The van der Waals surface area contributed by atoms with E-state index in [2.05, 4.69) is 4.98 Å². The number of hydrogen-bond donors (Lipinski definition) is 1. The second-order valence-electron chi connectivity index (χ2n) is 8.31. The summed E-state index contributed by atoms with van der Waals surface area (Å²) in [7, 11) is 0. The molecule has 4 rings (SSSR count). The van der Waals surface area contributed by atoms with E-state index in [1.54, 1.807) is 18.7 Å². The number of H-pyrrole nitrogens is 1. The van der Waals surface area contributed by atoms with E-state index < -0.39 is 5.56 Å². The SMILES string of the molecule is Cc1[nH]c(=O)c(C#N)c(C)c1CCC(=O)N(C/C=C/c1ccccc1)c1ccc2c(c1)OCCO2. The fourth-order valence-corrected chi connectivity index (χ4v) is 4.20. The van der Waals surface area contributed by atoms with Crippen LogP contribution in [0.3, 0.4) is 0 Å². The summed E-state index contributed by atoms with van der Waals surface area (Å²) in [5.41, 5.74) is 3.56. The predicted molar refractivity (Wildman–Crippen MR) is 135 cm³/mol. The molecular formula is C28H27N3O4. The van der Waals surface area contributed by atoms with Crippen LogP contribution in [0.1, 0.15) is 34.4 Å². The number of benzene rings is 2. The van der Waals surface area contributed by atoms with E-state index in [9.17, 15) is 14.9 Å². The maximum atomic E-state index is 13.5. The zero-order valence-corrected chi connectivity index (χ0v) is 19.8. The molecule has 2 heterocycles. The second-order valence-corrected chi connectivity index (χ2v) is 8.31. The van der Waals surface area contributed by atoms with Gasteiger partial charge in [-0.1, -0.05) is 42.5 Å². The first-order valence-corrected chi connectivity index (χ1v) is 11.5. The first kappa shape index (κ1) is 23.8. The van der Waals surface area contributed by atoms with Gasteiger partial charge in [0.1, 0.15) is 24.8 Å². The number of nitrogens with zero attached hydrogens (tertiary/aromatic N) is 2. The molecule has 0 fully saturated rings. The highest BCUT2D eigenvalue weighted by Gasteiger charge is 2.20. The molecule has 1 N–H and O–H groups in total. The van der Waals surface area contributed by atoms with E-state index in [-0.39, 0.29) is 17.9 Å². The Hall–Kier alpha value is -4.31. The summed E-state index contributed by atoms with van der Waals surface area (Å²) in [6, 6.07) is 17.4. The molecule has 0 spiro atoms. The van der Waals surface area contributed by atoms with Crippen LogP contribution in [0, 0.1) is 25.2 Å². The Morgan fingerprint density at radius 3 is 2.60 bits per heavy atom. The van der Waals surface area contributed by atoms with Gasteiger partial charge in [-0.2, -0.15) is 5.26 Å². The van der Waals surface area contributed by atoms with Crippen LogP contribution in [0.5, 0.6) is 11.5 Å². The summed E-state index contributed by atoms with van der Waals surface area (Å²) in [6.45, 7) is 4.88. The lowest BCUT2D eigenvalue weighted by atomic mass is 9.99. The third kappa shape index (κ3) is 5.44. The summed E-state index contributed by atoms with van der Waals surface area (Å²) in [4.78, 5) is 29.9. The summed E-state index contributed by atoms with van der Waals surface area (Å²) in [5.74, 6) is 1.20. The quantitative estimate of drug-likeness (QED) is 0.556. The second kappa shape index (κ2) is 10.7. The van der Waals surface area contributed by atoms with Gasteiger partial charge < -0.3 is 19.4 Å². The number of anilines is 1. The molecule has 2 aromatic carbocycles. The molecular weight excluding hydrogens is 442 g/mol. The first-order valence-electron chi connectivity index (χ1n) is 11.5. The van der Waals surface area contributed by atoms with Crippen molar-refractivity contribution in [2.24, 2.45) is 0 Å². The number of fused-ring (bicyclic) bond motifs is 1. The minimum atomic E-state index is -0.401. The van der Waals surface area contributed by atoms with Crippen LogP contribution in [0.4, 0.5) is 5.69 Å². The van der Waals surface area contributed by atoms with Crippen molar-refractivity contribution in [1.82, 2.24) is 4.98 Å². The molecule has 7 nitrogen and oxygen atoms in total. The molecule has 0 radical (unpaired) electrons. The van der Waals surface area contributed by atoms with Crippen LogP contribution in [-0.4, -0.2) is 30.6 Å². The lowest BCUT2D eigenvalue weighted by Crippen LogP contribution is -2.31. The number of ether oxygens (including phenoxy) is 2. The Kier molecular flexibility index (Phi) is 7.32. The zero-order valence-electron chi connectivity index (χ0n) is 19.8. The third-order valence-electron chi connectivity index (χ3n) is 6.05. The molecule has 0 saturated carbocycles. The normalized spacial score (nSPS) is 12.4. The smallest absolute Gasteiger partial charge is 0.266 e. The number of aromatic nitrogens is 1. The van der Waals surface area contributed by atoms with Crippen LogP contribution < -0.4 is 19.9 Å². The van der Waals surface area contributed by atoms with Crippen LogP contribution in [0.25, 0.3) is 6.08 Å². The van der Waals surface area contributed by atoms with E-state index in [0.717, 1.165) is 11.1 Å². The van der Waals surface area contributed by atoms with Gasteiger partial charge in [0.05, 0.1) is 0 Å². The van der Waals surface area contributed by atoms with Crippen molar-refractivity contribution in [3.05, 3.63) is 92.9 Å². The van der Waals surface area contributed by atoms with Gasteiger partial charge in [0.2, 0.25) is 5.91 Å². The minimum absolute atomic E-state index is 0.0807. The standard InChI is InChI=1S/C28H27N3O4/c1-19-23(20(2)30-28(33)24(19)18-29)11-13-27(32)31(14-6-9-21-7-4-3-5-8-21)22-10-12-25-26(17-22)35-16-15-34-25/h3-10,12,17H,11,13-16H2,1-2H3,(H,30,33)/b9-6+. The molecule has 1 amide bonds.